The van der Waals surface area contributed by atoms with Crippen molar-refractivity contribution < 1.29 is 4.39 Å². The Kier molecular flexibility index (Phi) is 3.85. The van der Waals surface area contributed by atoms with Crippen LogP contribution in [0.15, 0.2) is 24.3 Å². The van der Waals surface area contributed by atoms with Gasteiger partial charge < -0.3 is 0 Å². The molecule has 1 aromatic heterocycles. The molecule has 0 atom stereocenters. The monoisotopic (exact) mass is 256 g/mol. The SMILES string of the molecule is Fc1cccc(-c2nnc(CCCCl)s2)c1. The molecule has 0 spiro atoms. The minimum absolute atomic E-state index is 0.255. The van der Waals surface area contributed by atoms with Crippen molar-refractivity contribution in [3.63, 3.8) is 0 Å². The Labute approximate surface area is 102 Å². The zero-order valence-electron chi connectivity index (χ0n) is 8.49. The Morgan fingerprint density at radius 3 is 2.94 bits per heavy atom. The molecule has 0 saturated carbocycles. The number of alkyl halides is 1. The van der Waals surface area contributed by atoms with E-state index in [-0.39, 0.29) is 5.82 Å². The van der Waals surface area contributed by atoms with Gasteiger partial charge in [-0.3, -0.25) is 0 Å². The van der Waals surface area contributed by atoms with Crippen molar-refractivity contribution in [3.8, 4) is 10.6 Å². The first-order chi connectivity index (χ1) is 7.79. The summed E-state index contributed by atoms with van der Waals surface area (Å²) in [7, 11) is 0. The number of hydrogen-bond donors (Lipinski definition) is 0. The van der Waals surface area contributed by atoms with Gasteiger partial charge in [-0.05, 0) is 18.6 Å². The van der Waals surface area contributed by atoms with Gasteiger partial charge in [-0.2, -0.15) is 0 Å². The highest BCUT2D eigenvalue weighted by Crippen LogP contribution is 2.24. The average molecular weight is 257 g/mol. The molecule has 0 bridgehead atoms. The first-order valence-electron chi connectivity index (χ1n) is 4.94. The molecular weight excluding hydrogens is 247 g/mol. The molecule has 16 heavy (non-hydrogen) atoms. The van der Waals surface area contributed by atoms with Crippen LogP contribution >= 0.6 is 22.9 Å². The fourth-order valence-corrected chi connectivity index (χ4v) is 2.32. The van der Waals surface area contributed by atoms with Gasteiger partial charge in [-0.15, -0.1) is 21.8 Å². The lowest BCUT2D eigenvalue weighted by Gasteiger charge is -1.94. The van der Waals surface area contributed by atoms with Gasteiger partial charge >= 0.3 is 0 Å². The van der Waals surface area contributed by atoms with Crippen LogP contribution in [0.2, 0.25) is 0 Å². The molecule has 5 heteroatoms. The number of nitrogens with zero attached hydrogens (tertiary/aromatic N) is 2. The van der Waals surface area contributed by atoms with Crippen molar-refractivity contribution in [1.82, 2.24) is 10.2 Å². The van der Waals surface area contributed by atoms with Crippen molar-refractivity contribution >= 4 is 22.9 Å². The van der Waals surface area contributed by atoms with Gasteiger partial charge in [-0.1, -0.05) is 23.5 Å². The lowest BCUT2D eigenvalue weighted by atomic mass is 10.2. The van der Waals surface area contributed by atoms with E-state index in [4.69, 9.17) is 11.6 Å². The zero-order valence-corrected chi connectivity index (χ0v) is 10.1. The fourth-order valence-electron chi connectivity index (χ4n) is 1.31. The Morgan fingerprint density at radius 1 is 1.31 bits per heavy atom. The summed E-state index contributed by atoms with van der Waals surface area (Å²) in [5, 5.41) is 9.78. The maximum atomic E-state index is 13.0. The van der Waals surface area contributed by atoms with E-state index in [1.54, 1.807) is 6.07 Å². The average Bonchev–Trinajstić information content (AvgIpc) is 2.75. The molecule has 1 aromatic carbocycles. The standard InChI is InChI=1S/C11H10ClFN2S/c12-6-2-5-10-14-15-11(16-10)8-3-1-4-9(13)7-8/h1,3-4,7H,2,5-6H2. The summed E-state index contributed by atoms with van der Waals surface area (Å²) in [5.74, 6) is 0.365. The molecule has 0 aliphatic rings. The smallest absolute Gasteiger partial charge is 0.147 e. The predicted octanol–water partition coefficient (Wildman–Crippen LogP) is 3.52. The lowest BCUT2D eigenvalue weighted by Crippen LogP contribution is -1.84. The minimum Gasteiger partial charge on any atom is -0.207 e. The number of benzene rings is 1. The van der Waals surface area contributed by atoms with Crippen LogP contribution in [0.4, 0.5) is 4.39 Å². The normalized spacial score (nSPS) is 10.6. The second-order valence-corrected chi connectivity index (χ2v) is 4.74. The van der Waals surface area contributed by atoms with Crippen LogP contribution in [0.5, 0.6) is 0 Å². The molecule has 0 saturated heterocycles. The summed E-state index contributed by atoms with van der Waals surface area (Å²) in [6, 6.07) is 6.38. The largest absolute Gasteiger partial charge is 0.207 e. The van der Waals surface area contributed by atoms with Crippen molar-refractivity contribution in [1.29, 1.82) is 0 Å². The number of aryl methyl sites for hydroxylation is 1. The summed E-state index contributed by atoms with van der Waals surface area (Å²) in [6.45, 7) is 0. The molecule has 0 fully saturated rings. The van der Waals surface area contributed by atoms with Gasteiger partial charge in [0.15, 0.2) is 0 Å². The van der Waals surface area contributed by atoms with Crippen LogP contribution in [-0.2, 0) is 6.42 Å². The zero-order chi connectivity index (χ0) is 11.4. The maximum Gasteiger partial charge on any atom is 0.147 e. The topological polar surface area (TPSA) is 25.8 Å². The van der Waals surface area contributed by atoms with Crippen molar-refractivity contribution in [2.75, 3.05) is 5.88 Å². The van der Waals surface area contributed by atoms with E-state index in [0.29, 0.717) is 5.88 Å². The van der Waals surface area contributed by atoms with Crippen LogP contribution in [0.1, 0.15) is 11.4 Å². The highest BCUT2D eigenvalue weighted by Gasteiger charge is 2.06. The molecule has 0 N–H and O–H groups in total. The lowest BCUT2D eigenvalue weighted by molar-refractivity contribution is 0.628. The predicted molar refractivity (Wildman–Crippen MR) is 64.3 cm³/mol. The molecule has 0 unspecified atom stereocenters. The maximum absolute atomic E-state index is 13.0. The van der Waals surface area contributed by atoms with Crippen LogP contribution in [0.25, 0.3) is 10.6 Å². The third-order valence-electron chi connectivity index (χ3n) is 2.06. The summed E-state index contributed by atoms with van der Waals surface area (Å²) in [4.78, 5) is 0. The van der Waals surface area contributed by atoms with Gasteiger partial charge in [0.2, 0.25) is 0 Å². The summed E-state index contributed by atoms with van der Waals surface area (Å²) in [6.07, 6.45) is 1.72. The molecule has 2 rings (SSSR count). The summed E-state index contributed by atoms with van der Waals surface area (Å²) < 4.78 is 13.0. The molecule has 0 radical (unpaired) electrons. The van der Waals surface area contributed by atoms with E-state index < -0.39 is 0 Å². The number of hydrogen-bond acceptors (Lipinski definition) is 3. The van der Waals surface area contributed by atoms with Gasteiger partial charge in [0.1, 0.15) is 15.8 Å². The second kappa shape index (κ2) is 5.37. The molecule has 1 heterocycles. The van der Waals surface area contributed by atoms with Gasteiger partial charge in [0, 0.05) is 17.9 Å². The van der Waals surface area contributed by atoms with Crippen molar-refractivity contribution in [2.24, 2.45) is 0 Å². The van der Waals surface area contributed by atoms with E-state index in [1.807, 2.05) is 6.07 Å². The first kappa shape index (κ1) is 11.5. The highest BCUT2D eigenvalue weighted by molar-refractivity contribution is 7.14. The Balaban J connectivity index is 2.18. The molecule has 0 amide bonds. The van der Waals surface area contributed by atoms with Gasteiger partial charge in [-0.25, -0.2) is 4.39 Å². The molecular formula is C11H10ClFN2S. The van der Waals surface area contributed by atoms with Crippen LogP contribution in [0.3, 0.4) is 0 Å². The van der Waals surface area contributed by atoms with Crippen molar-refractivity contribution in [2.45, 2.75) is 12.8 Å². The third kappa shape index (κ3) is 2.77. The summed E-state index contributed by atoms with van der Waals surface area (Å²) in [5.41, 5.74) is 0.773. The molecule has 0 aliphatic heterocycles. The van der Waals surface area contributed by atoms with Gasteiger partial charge in [0.25, 0.3) is 0 Å². The summed E-state index contributed by atoms with van der Waals surface area (Å²) >= 11 is 7.09. The van der Waals surface area contributed by atoms with E-state index in [0.717, 1.165) is 28.4 Å². The second-order valence-electron chi connectivity index (χ2n) is 3.30. The molecule has 0 aliphatic carbocycles. The minimum atomic E-state index is -0.255. The number of aromatic nitrogens is 2. The first-order valence-corrected chi connectivity index (χ1v) is 6.29. The Bertz CT molecular complexity index is 473. The number of halogens is 2. The number of rotatable bonds is 4. The third-order valence-corrected chi connectivity index (χ3v) is 3.36. The Hall–Kier alpha value is -1.000. The van der Waals surface area contributed by atoms with Crippen LogP contribution in [0, 0.1) is 5.82 Å². The molecule has 2 nitrogen and oxygen atoms in total. The molecule has 84 valence electrons. The van der Waals surface area contributed by atoms with E-state index in [2.05, 4.69) is 10.2 Å². The van der Waals surface area contributed by atoms with Crippen LogP contribution in [-0.4, -0.2) is 16.1 Å². The van der Waals surface area contributed by atoms with E-state index >= 15 is 0 Å². The van der Waals surface area contributed by atoms with E-state index in [1.165, 1.54) is 23.5 Å². The highest BCUT2D eigenvalue weighted by atomic mass is 35.5. The molecule has 2 aromatic rings. The Morgan fingerprint density at radius 2 is 2.19 bits per heavy atom. The van der Waals surface area contributed by atoms with Gasteiger partial charge in [0.05, 0.1) is 0 Å². The van der Waals surface area contributed by atoms with E-state index in [9.17, 15) is 4.39 Å². The van der Waals surface area contributed by atoms with Crippen molar-refractivity contribution in [3.05, 3.63) is 35.1 Å². The fraction of sp³-hybridized carbons (Fsp3) is 0.273. The van der Waals surface area contributed by atoms with Crippen LogP contribution < -0.4 is 0 Å². The quantitative estimate of drug-likeness (QED) is 0.783.